The number of esters is 1. The zero-order valence-corrected chi connectivity index (χ0v) is 15.8. The van der Waals surface area contributed by atoms with Crippen molar-refractivity contribution in [1.29, 1.82) is 0 Å². The fourth-order valence-corrected chi connectivity index (χ4v) is 2.78. The molecule has 150 valence electrons. The Bertz CT molecular complexity index is 880. The number of benzene rings is 2. The Labute approximate surface area is 164 Å². The summed E-state index contributed by atoms with van der Waals surface area (Å²) in [5.74, 6) is -2.45. The van der Waals surface area contributed by atoms with E-state index in [0.717, 1.165) is 17.7 Å². The van der Waals surface area contributed by atoms with E-state index in [0.29, 0.717) is 5.56 Å². The Hall–Kier alpha value is -2.91. The van der Waals surface area contributed by atoms with E-state index in [1.165, 1.54) is 6.07 Å². The van der Waals surface area contributed by atoms with Gasteiger partial charge in [0, 0.05) is 5.56 Å². The van der Waals surface area contributed by atoms with E-state index >= 15 is 0 Å². The molecule has 0 fully saturated rings. The average molecular weight is 408 g/mol. The van der Waals surface area contributed by atoms with Gasteiger partial charge < -0.3 is 24.2 Å². The second-order valence-corrected chi connectivity index (χ2v) is 6.99. The van der Waals surface area contributed by atoms with Crippen LogP contribution in [0.1, 0.15) is 34.0 Å². The molecule has 0 aromatic heterocycles. The largest absolute Gasteiger partial charge is 0.507 e. The highest BCUT2D eigenvalue weighted by molar-refractivity contribution is 7.79. The number of aromatic carboxylic acids is 1. The summed E-state index contributed by atoms with van der Waals surface area (Å²) >= 11 is -1.97. The fourth-order valence-electron chi connectivity index (χ4n) is 2.41. The molecular formula is C19H20O8S. The summed E-state index contributed by atoms with van der Waals surface area (Å²) in [5, 5.41) is 18.7. The quantitative estimate of drug-likeness (QED) is 0.328. The first-order valence-electron chi connectivity index (χ1n) is 8.31. The number of carboxylic acids is 1. The summed E-state index contributed by atoms with van der Waals surface area (Å²) < 4.78 is 30.3. The van der Waals surface area contributed by atoms with Crippen molar-refractivity contribution in [2.45, 2.75) is 19.4 Å². The maximum Gasteiger partial charge on any atom is 0.352 e. The number of aryl methyl sites for hydroxylation is 1. The lowest BCUT2D eigenvalue weighted by molar-refractivity contribution is -0.152. The van der Waals surface area contributed by atoms with Gasteiger partial charge in [-0.2, -0.15) is 0 Å². The van der Waals surface area contributed by atoms with Crippen LogP contribution in [0.25, 0.3) is 0 Å². The molecular weight excluding hydrogens is 388 g/mol. The molecule has 0 saturated heterocycles. The van der Waals surface area contributed by atoms with Crippen molar-refractivity contribution in [3.8, 4) is 11.5 Å². The summed E-state index contributed by atoms with van der Waals surface area (Å²) in [6.45, 7) is 1.78. The molecule has 0 aliphatic rings. The lowest BCUT2D eigenvalue weighted by atomic mass is 10.1. The van der Waals surface area contributed by atoms with Crippen molar-refractivity contribution in [3.63, 3.8) is 0 Å². The van der Waals surface area contributed by atoms with Crippen LogP contribution in [0.4, 0.5) is 0 Å². The van der Waals surface area contributed by atoms with Crippen molar-refractivity contribution in [2.75, 3.05) is 12.4 Å². The number of carbonyl (C=O) groups excluding carboxylic acids is 1. The van der Waals surface area contributed by atoms with Crippen LogP contribution >= 0.6 is 0 Å². The van der Waals surface area contributed by atoms with E-state index in [2.05, 4.69) is 0 Å². The van der Waals surface area contributed by atoms with Crippen molar-refractivity contribution in [3.05, 3.63) is 59.2 Å². The van der Waals surface area contributed by atoms with E-state index in [4.69, 9.17) is 19.1 Å². The molecule has 9 heteroatoms. The fraction of sp³-hybridized carbons (Fsp3) is 0.263. The zero-order valence-electron chi connectivity index (χ0n) is 15.0. The summed E-state index contributed by atoms with van der Waals surface area (Å²) in [5.41, 5.74) is 1.02. The predicted octanol–water partition coefficient (Wildman–Crippen LogP) is 2.67. The number of hydrogen-bond acceptors (Lipinski definition) is 6. The molecule has 0 amide bonds. The summed E-state index contributed by atoms with van der Waals surface area (Å²) in [6, 6.07) is 10.6. The molecule has 0 radical (unpaired) electrons. The van der Waals surface area contributed by atoms with Gasteiger partial charge in [0.25, 0.3) is 0 Å². The SMILES string of the molecule is Cc1cccc(C(Oc2ccc(O)c(C(=O)O)c2)C(=O)OCCCS(=O)O)c1. The predicted molar refractivity (Wildman–Crippen MR) is 101 cm³/mol. The summed E-state index contributed by atoms with van der Waals surface area (Å²) in [7, 11) is 0. The molecule has 0 aliphatic carbocycles. The van der Waals surface area contributed by atoms with Gasteiger partial charge in [-0.25, -0.2) is 13.8 Å². The van der Waals surface area contributed by atoms with Gasteiger partial charge in [0.05, 0.1) is 12.4 Å². The molecule has 8 nitrogen and oxygen atoms in total. The van der Waals surface area contributed by atoms with Crippen molar-refractivity contribution < 1.29 is 38.0 Å². The van der Waals surface area contributed by atoms with Gasteiger partial charge in [-0.05, 0) is 31.5 Å². The Morgan fingerprint density at radius 1 is 1.18 bits per heavy atom. The highest BCUT2D eigenvalue weighted by Crippen LogP contribution is 2.28. The highest BCUT2D eigenvalue weighted by atomic mass is 32.2. The minimum Gasteiger partial charge on any atom is -0.507 e. The molecule has 0 bridgehead atoms. The van der Waals surface area contributed by atoms with Crippen LogP contribution < -0.4 is 4.74 Å². The van der Waals surface area contributed by atoms with E-state index in [9.17, 15) is 18.9 Å². The summed E-state index contributed by atoms with van der Waals surface area (Å²) in [4.78, 5) is 23.7. The lowest BCUT2D eigenvalue weighted by Crippen LogP contribution is -2.22. The van der Waals surface area contributed by atoms with Gasteiger partial charge in [-0.3, -0.25) is 0 Å². The Morgan fingerprint density at radius 2 is 1.93 bits per heavy atom. The van der Waals surface area contributed by atoms with Crippen molar-refractivity contribution >= 4 is 23.0 Å². The number of rotatable bonds is 9. The number of carboxylic acid groups (broad SMARTS) is 1. The smallest absolute Gasteiger partial charge is 0.352 e. The molecule has 2 aromatic carbocycles. The van der Waals surface area contributed by atoms with Gasteiger partial charge in [0.2, 0.25) is 6.10 Å². The normalized spacial score (nSPS) is 12.8. The van der Waals surface area contributed by atoms with Gasteiger partial charge in [0.15, 0.2) is 11.1 Å². The van der Waals surface area contributed by atoms with Gasteiger partial charge in [-0.15, -0.1) is 0 Å². The topological polar surface area (TPSA) is 130 Å². The standard InChI is InChI=1S/C19H20O8S/c1-12-4-2-5-13(10-12)17(19(23)26-8-3-9-28(24)25)27-14-6-7-16(20)15(11-14)18(21)22/h2,4-7,10-11,17,20H,3,8-9H2,1H3,(H,21,22)(H,24,25). The third-order valence-corrected chi connectivity index (χ3v) is 4.36. The third kappa shape index (κ3) is 6.07. The minimum atomic E-state index is -1.97. The Kier molecular flexibility index (Phi) is 7.53. The van der Waals surface area contributed by atoms with Crippen LogP contribution in [0.15, 0.2) is 42.5 Å². The van der Waals surface area contributed by atoms with Crippen LogP contribution in [-0.2, 0) is 20.6 Å². The molecule has 0 spiro atoms. The molecule has 28 heavy (non-hydrogen) atoms. The molecule has 0 aliphatic heterocycles. The second-order valence-electron chi connectivity index (χ2n) is 5.94. The second kappa shape index (κ2) is 9.86. The van der Waals surface area contributed by atoms with Crippen LogP contribution in [0.5, 0.6) is 11.5 Å². The molecule has 0 heterocycles. The van der Waals surface area contributed by atoms with Crippen molar-refractivity contribution in [1.82, 2.24) is 0 Å². The Balaban J connectivity index is 2.24. The Morgan fingerprint density at radius 3 is 2.57 bits per heavy atom. The van der Waals surface area contributed by atoms with E-state index in [1.54, 1.807) is 18.2 Å². The number of phenols is 1. The lowest BCUT2D eigenvalue weighted by Gasteiger charge is -2.19. The van der Waals surface area contributed by atoms with Crippen LogP contribution in [0.2, 0.25) is 0 Å². The minimum absolute atomic E-state index is 0.0246. The number of carbonyl (C=O) groups is 2. The maximum absolute atomic E-state index is 12.5. The number of aromatic hydroxyl groups is 1. The number of ether oxygens (including phenoxy) is 2. The van der Waals surface area contributed by atoms with Crippen LogP contribution in [0.3, 0.4) is 0 Å². The molecule has 0 saturated carbocycles. The van der Waals surface area contributed by atoms with Gasteiger partial charge in [0.1, 0.15) is 17.1 Å². The molecule has 2 unspecified atom stereocenters. The first kappa shape index (κ1) is 21.4. The zero-order chi connectivity index (χ0) is 20.7. The average Bonchev–Trinajstić information content (AvgIpc) is 2.64. The van der Waals surface area contributed by atoms with Gasteiger partial charge >= 0.3 is 11.9 Å². The first-order chi connectivity index (χ1) is 13.3. The summed E-state index contributed by atoms with van der Waals surface area (Å²) in [6.07, 6.45) is -0.969. The van der Waals surface area contributed by atoms with E-state index in [1.807, 2.05) is 13.0 Å². The highest BCUT2D eigenvalue weighted by Gasteiger charge is 2.25. The number of hydrogen-bond donors (Lipinski definition) is 3. The first-order valence-corrected chi connectivity index (χ1v) is 9.59. The van der Waals surface area contributed by atoms with E-state index < -0.39 is 34.9 Å². The van der Waals surface area contributed by atoms with Crippen molar-refractivity contribution in [2.24, 2.45) is 0 Å². The van der Waals surface area contributed by atoms with Gasteiger partial charge in [-0.1, -0.05) is 29.8 Å². The maximum atomic E-state index is 12.5. The van der Waals surface area contributed by atoms with Crippen LogP contribution in [-0.4, -0.2) is 43.3 Å². The molecule has 2 aromatic rings. The molecule has 3 N–H and O–H groups in total. The third-order valence-electron chi connectivity index (χ3n) is 3.72. The van der Waals surface area contributed by atoms with Crippen LogP contribution in [0, 0.1) is 6.92 Å². The monoisotopic (exact) mass is 408 g/mol. The van der Waals surface area contributed by atoms with E-state index in [-0.39, 0.29) is 30.1 Å². The molecule has 2 atom stereocenters. The molecule has 2 rings (SSSR count).